The molecule has 0 heterocycles. The first-order valence-corrected chi connectivity index (χ1v) is 7.07. The van der Waals surface area contributed by atoms with Gasteiger partial charge in [-0.1, -0.05) is 32.6 Å². The second kappa shape index (κ2) is 8.51. The number of hydrogen-bond acceptors (Lipinski definition) is 4. The van der Waals surface area contributed by atoms with Gasteiger partial charge in [-0.15, -0.1) is 13.2 Å². The molecule has 0 fully saturated rings. The summed E-state index contributed by atoms with van der Waals surface area (Å²) in [6.07, 6.45) is -0.0271. The van der Waals surface area contributed by atoms with Crippen LogP contribution in [0.15, 0.2) is 18.2 Å². The minimum atomic E-state index is -4.85. The SMILES string of the molecule is CCCCCCCOc1cc(OC(F)(F)F)ccc1C(=O)[O-]. The molecular weight excluding hydrogens is 301 g/mol. The van der Waals surface area contributed by atoms with Gasteiger partial charge >= 0.3 is 6.36 Å². The van der Waals surface area contributed by atoms with Crippen molar-refractivity contribution < 1.29 is 32.5 Å². The van der Waals surface area contributed by atoms with Crippen LogP contribution in [0.4, 0.5) is 13.2 Å². The molecule has 0 amide bonds. The van der Waals surface area contributed by atoms with Crippen molar-refractivity contribution in [2.75, 3.05) is 6.61 Å². The number of carbonyl (C=O) groups is 1. The largest absolute Gasteiger partial charge is 0.573 e. The summed E-state index contributed by atoms with van der Waals surface area (Å²) in [6.45, 7) is 2.30. The maximum absolute atomic E-state index is 12.2. The number of halogens is 3. The topological polar surface area (TPSA) is 58.6 Å². The molecule has 0 aliphatic heterocycles. The van der Waals surface area contributed by atoms with Crippen LogP contribution in [0.5, 0.6) is 11.5 Å². The number of rotatable bonds is 9. The van der Waals surface area contributed by atoms with Gasteiger partial charge in [0.05, 0.1) is 12.6 Å². The third kappa shape index (κ3) is 6.69. The zero-order valence-corrected chi connectivity index (χ0v) is 12.2. The fraction of sp³-hybridized carbons (Fsp3) is 0.533. The molecule has 7 heteroatoms. The minimum Gasteiger partial charge on any atom is -0.545 e. The van der Waals surface area contributed by atoms with E-state index in [0.717, 1.165) is 43.9 Å². The molecule has 0 bridgehead atoms. The molecule has 0 aromatic heterocycles. The second-order valence-electron chi connectivity index (χ2n) is 4.76. The summed E-state index contributed by atoms with van der Waals surface area (Å²) >= 11 is 0. The Hall–Kier alpha value is -1.92. The van der Waals surface area contributed by atoms with Gasteiger partial charge < -0.3 is 19.4 Å². The van der Waals surface area contributed by atoms with Gasteiger partial charge in [-0.2, -0.15) is 0 Å². The molecule has 0 aliphatic carbocycles. The summed E-state index contributed by atoms with van der Waals surface area (Å²) in [7, 11) is 0. The van der Waals surface area contributed by atoms with E-state index < -0.39 is 18.1 Å². The van der Waals surface area contributed by atoms with Gasteiger partial charge in [0.25, 0.3) is 0 Å². The number of carbonyl (C=O) groups excluding carboxylic acids is 1. The van der Waals surface area contributed by atoms with Crippen molar-refractivity contribution in [3.05, 3.63) is 23.8 Å². The van der Waals surface area contributed by atoms with Gasteiger partial charge in [0.2, 0.25) is 0 Å². The summed E-state index contributed by atoms with van der Waals surface area (Å²) in [6, 6.07) is 2.79. The van der Waals surface area contributed by atoms with Crippen LogP contribution >= 0.6 is 0 Å². The lowest BCUT2D eigenvalue weighted by atomic mass is 10.1. The smallest absolute Gasteiger partial charge is 0.545 e. The molecule has 22 heavy (non-hydrogen) atoms. The van der Waals surface area contributed by atoms with Crippen LogP contribution < -0.4 is 14.6 Å². The predicted octanol–water partition coefficient (Wildman–Crippen LogP) is 3.30. The number of carboxylic acid groups (broad SMARTS) is 1. The third-order valence-electron chi connectivity index (χ3n) is 2.91. The monoisotopic (exact) mass is 319 g/mol. The molecule has 0 unspecified atom stereocenters. The molecule has 1 aromatic carbocycles. The molecule has 0 spiro atoms. The van der Waals surface area contributed by atoms with Crippen molar-refractivity contribution >= 4 is 5.97 Å². The molecule has 1 aromatic rings. The normalized spacial score (nSPS) is 11.3. The molecule has 0 N–H and O–H groups in total. The van der Waals surface area contributed by atoms with Crippen LogP contribution in [0, 0.1) is 0 Å². The molecular formula is C15H18F3O4-. The van der Waals surface area contributed by atoms with E-state index in [1.807, 2.05) is 0 Å². The van der Waals surface area contributed by atoms with E-state index in [9.17, 15) is 23.1 Å². The van der Waals surface area contributed by atoms with Crippen LogP contribution in [0.3, 0.4) is 0 Å². The molecule has 0 saturated carbocycles. The van der Waals surface area contributed by atoms with Gasteiger partial charge in [-0.25, -0.2) is 0 Å². The molecule has 0 saturated heterocycles. The maximum atomic E-state index is 12.2. The zero-order chi connectivity index (χ0) is 16.6. The Morgan fingerprint density at radius 1 is 1.18 bits per heavy atom. The Bertz CT molecular complexity index is 486. The number of alkyl halides is 3. The first-order chi connectivity index (χ1) is 10.3. The second-order valence-corrected chi connectivity index (χ2v) is 4.76. The van der Waals surface area contributed by atoms with Gasteiger partial charge in [0.1, 0.15) is 11.5 Å². The fourth-order valence-electron chi connectivity index (χ4n) is 1.88. The van der Waals surface area contributed by atoms with Crippen LogP contribution in [-0.4, -0.2) is 18.9 Å². The quantitative estimate of drug-likeness (QED) is 0.655. The van der Waals surface area contributed by atoms with E-state index in [1.165, 1.54) is 0 Å². The van der Waals surface area contributed by atoms with Crippen molar-refractivity contribution in [2.24, 2.45) is 0 Å². The zero-order valence-electron chi connectivity index (χ0n) is 12.2. The molecule has 0 aliphatic rings. The highest BCUT2D eigenvalue weighted by molar-refractivity contribution is 5.89. The summed E-state index contributed by atoms with van der Waals surface area (Å²) in [5.41, 5.74) is -0.303. The molecule has 0 atom stereocenters. The number of ether oxygens (including phenoxy) is 2. The summed E-state index contributed by atoms with van der Waals surface area (Å²) < 4.78 is 45.5. The molecule has 124 valence electrons. The Morgan fingerprint density at radius 3 is 2.45 bits per heavy atom. The number of hydrogen-bond donors (Lipinski definition) is 0. The highest BCUT2D eigenvalue weighted by Gasteiger charge is 2.31. The Balaban J connectivity index is 2.68. The van der Waals surface area contributed by atoms with Gasteiger partial charge in [0.15, 0.2) is 0 Å². The van der Waals surface area contributed by atoms with E-state index in [-0.39, 0.29) is 17.9 Å². The van der Waals surface area contributed by atoms with Crippen LogP contribution in [0.1, 0.15) is 49.4 Å². The minimum absolute atomic E-state index is 0.183. The lowest BCUT2D eigenvalue weighted by Crippen LogP contribution is -2.23. The fourth-order valence-corrected chi connectivity index (χ4v) is 1.88. The van der Waals surface area contributed by atoms with Gasteiger partial charge in [-0.3, -0.25) is 0 Å². The van der Waals surface area contributed by atoms with Crippen LogP contribution in [0.25, 0.3) is 0 Å². The average molecular weight is 319 g/mol. The standard InChI is InChI=1S/C15H19F3O4/c1-2-3-4-5-6-9-21-13-10-11(22-15(16,17)18)7-8-12(13)14(19)20/h7-8,10H,2-6,9H2,1H3,(H,19,20)/p-1. The van der Waals surface area contributed by atoms with E-state index >= 15 is 0 Å². The first-order valence-electron chi connectivity index (χ1n) is 7.07. The number of carboxylic acids is 1. The van der Waals surface area contributed by atoms with Crippen molar-refractivity contribution in [1.29, 1.82) is 0 Å². The Kier molecular flexibility index (Phi) is 7.01. The molecule has 4 nitrogen and oxygen atoms in total. The van der Waals surface area contributed by atoms with Crippen LogP contribution in [0.2, 0.25) is 0 Å². The van der Waals surface area contributed by atoms with E-state index in [2.05, 4.69) is 11.7 Å². The van der Waals surface area contributed by atoms with Gasteiger partial charge in [-0.05, 0) is 18.6 Å². The number of aromatic carboxylic acids is 1. The first kappa shape index (κ1) is 18.1. The highest BCUT2D eigenvalue weighted by Crippen LogP contribution is 2.29. The number of benzene rings is 1. The lowest BCUT2D eigenvalue weighted by molar-refractivity contribution is -0.274. The maximum Gasteiger partial charge on any atom is 0.573 e. The summed E-state index contributed by atoms with van der Waals surface area (Å²) in [5.74, 6) is -2.23. The molecule has 1 rings (SSSR count). The van der Waals surface area contributed by atoms with E-state index in [1.54, 1.807) is 0 Å². The van der Waals surface area contributed by atoms with Crippen LogP contribution in [-0.2, 0) is 0 Å². The van der Waals surface area contributed by atoms with Crippen molar-refractivity contribution in [1.82, 2.24) is 0 Å². The average Bonchev–Trinajstić information content (AvgIpc) is 2.40. The van der Waals surface area contributed by atoms with E-state index in [0.29, 0.717) is 6.42 Å². The van der Waals surface area contributed by atoms with Crippen molar-refractivity contribution in [3.63, 3.8) is 0 Å². The third-order valence-corrected chi connectivity index (χ3v) is 2.91. The summed E-state index contributed by atoms with van der Waals surface area (Å²) in [5, 5.41) is 10.9. The number of unbranched alkanes of at least 4 members (excludes halogenated alkanes) is 4. The Morgan fingerprint density at radius 2 is 1.86 bits per heavy atom. The van der Waals surface area contributed by atoms with Gasteiger partial charge in [0, 0.05) is 11.6 Å². The van der Waals surface area contributed by atoms with Crippen molar-refractivity contribution in [3.8, 4) is 11.5 Å². The van der Waals surface area contributed by atoms with E-state index in [4.69, 9.17) is 4.74 Å². The predicted molar refractivity (Wildman–Crippen MR) is 71.7 cm³/mol. The Labute approximate surface area is 126 Å². The van der Waals surface area contributed by atoms with Crippen molar-refractivity contribution in [2.45, 2.75) is 45.4 Å². The molecule has 0 radical (unpaired) electrons. The summed E-state index contributed by atoms with van der Waals surface area (Å²) in [4.78, 5) is 10.9. The lowest BCUT2D eigenvalue weighted by Gasteiger charge is -2.15. The highest BCUT2D eigenvalue weighted by atomic mass is 19.4.